The fourth-order valence-corrected chi connectivity index (χ4v) is 8.57. The van der Waals surface area contributed by atoms with Crippen molar-refractivity contribution in [2.75, 3.05) is 4.90 Å². The molecule has 8 aromatic carbocycles. The molecule has 1 aliphatic carbocycles. The van der Waals surface area contributed by atoms with Crippen LogP contribution in [0.1, 0.15) is 18.4 Å². The molecule has 0 atom stereocenters. The van der Waals surface area contributed by atoms with Gasteiger partial charge in [-0.1, -0.05) is 121 Å². The molecule has 0 saturated heterocycles. The van der Waals surface area contributed by atoms with E-state index in [0.717, 1.165) is 68.7 Å². The Bertz CT molecular complexity index is 3100. The van der Waals surface area contributed by atoms with E-state index in [0.29, 0.717) is 0 Å². The summed E-state index contributed by atoms with van der Waals surface area (Å²) in [5.74, 6) is 0. The molecule has 0 bridgehead atoms. The Morgan fingerprint density at radius 1 is 0.473 bits per heavy atom. The van der Waals surface area contributed by atoms with Crippen LogP contribution in [0.2, 0.25) is 0 Å². The number of hydrogen-bond donors (Lipinski definition) is 0. The quantitative estimate of drug-likeness (QED) is 0.172. The molecule has 0 N–H and O–H groups in total. The highest BCUT2D eigenvalue weighted by molar-refractivity contribution is 6.12. The predicted octanol–water partition coefficient (Wildman–Crippen LogP) is 14.7. The van der Waals surface area contributed by atoms with Gasteiger partial charge in [0.25, 0.3) is 0 Å². The van der Waals surface area contributed by atoms with Gasteiger partial charge in [0.15, 0.2) is 0 Å². The molecule has 2 heterocycles. The van der Waals surface area contributed by atoms with Gasteiger partial charge in [0.2, 0.25) is 0 Å². The first-order chi connectivity index (χ1) is 27.3. The first kappa shape index (κ1) is 31.4. The average molecular weight is 705 g/mol. The predicted molar refractivity (Wildman–Crippen MR) is 232 cm³/mol. The van der Waals surface area contributed by atoms with Crippen LogP contribution in [0.25, 0.3) is 76.9 Å². The van der Waals surface area contributed by atoms with E-state index in [4.69, 9.17) is 4.42 Å². The van der Waals surface area contributed by atoms with Gasteiger partial charge in [-0.3, -0.25) is 0 Å². The second kappa shape index (κ2) is 12.8. The molecule has 3 nitrogen and oxygen atoms in total. The van der Waals surface area contributed by atoms with Gasteiger partial charge >= 0.3 is 0 Å². The van der Waals surface area contributed by atoms with Gasteiger partial charge in [0.1, 0.15) is 11.2 Å². The van der Waals surface area contributed by atoms with E-state index in [1.54, 1.807) is 0 Å². The molecule has 0 spiro atoms. The number of benzene rings is 8. The number of rotatable bonds is 6. The SMILES string of the molecule is C1=CC(c2ccc(N(c3cccc(-n4c5ccccc5c5ccccc54)c3)c3ccccc3-c3ccc4oc5cc6ccccc6cc5c4c3)cc2)=CCC1. The summed E-state index contributed by atoms with van der Waals surface area (Å²) in [6.45, 7) is 0. The molecule has 0 aliphatic heterocycles. The van der Waals surface area contributed by atoms with Crippen LogP contribution < -0.4 is 4.90 Å². The number of para-hydroxylation sites is 3. The minimum absolute atomic E-state index is 0.893. The van der Waals surface area contributed by atoms with Crippen molar-refractivity contribution in [1.29, 1.82) is 0 Å². The smallest absolute Gasteiger partial charge is 0.136 e. The van der Waals surface area contributed by atoms with Gasteiger partial charge in [0, 0.05) is 44.2 Å². The lowest BCUT2D eigenvalue weighted by Crippen LogP contribution is -2.12. The molecule has 3 heteroatoms. The zero-order valence-corrected chi connectivity index (χ0v) is 30.2. The Labute approximate surface area is 319 Å². The van der Waals surface area contributed by atoms with Crippen LogP contribution in [0.4, 0.5) is 17.1 Å². The van der Waals surface area contributed by atoms with Crippen LogP contribution in [0.15, 0.2) is 199 Å². The van der Waals surface area contributed by atoms with E-state index < -0.39 is 0 Å². The first-order valence-corrected chi connectivity index (χ1v) is 19.1. The minimum Gasteiger partial charge on any atom is -0.456 e. The molecule has 11 rings (SSSR count). The average Bonchev–Trinajstić information content (AvgIpc) is 3.78. The van der Waals surface area contributed by atoms with Gasteiger partial charge in [0.05, 0.1) is 16.7 Å². The maximum atomic E-state index is 6.42. The van der Waals surface area contributed by atoms with Crippen LogP contribution in [-0.2, 0) is 0 Å². The number of furan rings is 1. The number of anilines is 3. The van der Waals surface area contributed by atoms with Crippen molar-refractivity contribution in [2.45, 2.75) is 12.8 Å². The summed E-state index contributed by atoms with van der Waals surface area (Å²) in [7, 11) is 0. The van der Waals surface area contributed by atoms with Crippen molar-refractivity contribution < 1.29 is 4.42 Å². The lowest BCUT2D eigenvalue weighted by atomic mass is 9.98. The van der Waals surface area contributed by atoms with Gasteiger partial charge in [-0.05, 0) is 113 Å². The topological polar surface area (TPSA) is 21.3 Å². The minimum atomic E-state index is 0.893. The van der Waals surface area contributed by atoms with Crippen LogP contribution in [0.5, 0.6) is 0 Å². The van der Waals surface area contributed by atoms with Gasteiger partial charge in [-0.2, -0.15) is 0 Å². The van der Waals surface area contributed by atoms with E-state index in [2.05, 4.69) is 204 Å². The zero-order chi connectivity index (χ0) is 36.3. The summed E-state index contributed by atoms with van der Waals surface area (Å²) in [6, 6.07) is 63.7. The molecule has 0 radical (unpaired) electrons. The third-order valence-corrected chi connectivity index (χ3v) is 11.2. The molecular weight excluding hydrogens is 669 g/mol. The fourth-order valence-electron chi connectivity index (χ4n) is 8.57. The first-order valence-electron chi connectivity index (χ1n) is 19.1. The van der Waals surface area contributed by atoms with Gasteiger partial charge < -0.3 is 13.9 Å². The van der Waals surface area contributed by atoms with E-state index in [9.17, 15) is 0 Å². The molecule has 10 aromatic rings. The van der Waals surface area contributed by atoms with Crippen molar-refractivity contribution >= 4 is 77.2 Å². The van der Waals surface area contributed by atoms with Gasteiger partial charge in [-0.25, -0.2) is 0 Å². The molecule has 0 saturated carbocycles. The highest BCUT2D eigenvalue weighted by Gasteiger charge is 2.20. The molecule has 0 amide bonds. The normalized spacial score (nSPS) is 13.0. The Hall–Kier alpha value is -7.10. The van der Waals surface area contributed by atoms with E-state index in [-0.39, 0.29) is 0 Å². The van der Waals surface area contributed by atoms with Crippen LogP contribution in [0, 0.1) is 0 Å². The molecule has 260 valence electrons. The lowest BCUT2D eigenvalue weighted by Gasteiger charge is -2.28. The maximum Gasteiger partial charge on any atom is 0.136 e. The molecule has 2 aromatic heterocycles. The second-order valence-corrected chi connectivity index (χ2v) is 14.4. The molecule has 0 fully saturated rings. The molecule has 0 unspecified atom stereocenters. The number of nitrogens with zero attached hydrogens (tertiary/aromatic N) is 2. The second-order valence-electron chi connectivity index (χ2n) is 14.4. The van der Waals surface area contributed by atoms with Crippen LogP contribution in [0.3, 0.4) is 0 Å². The molecular formula is C52H36N2O. The van der Waals surface area contributed by atoms with Gasteiger partial charge in [-0.15, -0.1) is 0 Å². The molecule has 1 aliphatic rings. The summed E-state index contributed by atoms with van der Waals surface area (Å²) < 4.78 is 8.81. The molecule has 55 heavy (non-hydrogen) atoms. The van der Waals surface area contributed by atoms with Crippen molar-refractivity contribution in [3.05, 3.63) is 200 Å². The van der Waals surface area contributed by atoms with Crippen molar-refractivity contribution in [1.82, 2.24) is 4.57 Å². The van der Waals surface area contributed by atoms with Crippen molar-refractivity contribution in [3.63, 3.8) is 0 Å². The Balaban J connectivity index is 1.10. The zero-order valence-electron chi connectivity index (χ0n) is 30.2. The summed E-state index contributed by atoms with van der Waals surface area (Å²) in [4.78, 5) is 2.41. The summed E-state index contributed by atoms with van der Waals surface area (Å²) in [5.41, 5.74) is 13.4. The number of fused-ring (bicyclic) bond motifs is 7. The maximum absolute atomic E-state index is 6.42. The number of aromatic nitrogens is 1. The fraction of sp³-hybridized carbons (Fsp3) is 0.0385. The van der Waals surface area contributed by atoms with E-state index in [1.807, 2.05) is 0 Å². The number of hydrogen-bond acceptors (Lipinski definition) is 2. The summed E-state index contributed by atoms with van der Waals surface area (Å²) in [6.07, 6.45) is 9.05. The number of allylic oxidation sites excluding steroid dienone is 4. The lowest BCUT2D eigenvalue weighted by molar-refractivity contribution is 0.669. The monoisotopic (exact) mass is 704 g/mol. The van der Waals surface area contributed by atoms with Crippen LogP contribution in [-0.4, -0.2) is 4.57 Å². The van der Waals surface area contributed by atoms with Crippen LogP contribution >= 0.6 is 0 Å². The highest BCUT2D eigenvalue weighted by Crippen LogP contribution is 2.44. The third-order valence-electron chi connectivity index (χ3n) is 11.2. The third kappa shape index (κ3) is 5.27. The Morgan fingerprint density at radius 3 is 1.95 bits per heavy atom. The van der Waals surface area contributed by atoms with Crippen molar-refractivity contribution in [3.8, 4) is 16.8 Å². The largest absolute Gasteiger partial charge is 0.456 e. The van der Waals surface area contributed by atoms with E-state index in [1.165, 1.54) is 43.7 Å². The van der Waals surface area contributed by atoms with Crippen molar-refractivity contribution in [2.24, 2.45) is 0 Å². The summed E-state index contributed by atoms with van der Waals surface area (Å²) in [5, 5.41) is 7.14. The Kier molecular flexibility index (Phi) is 7.31. The standard InChI is InChI=1S/C52H36N2O/c1-2-13-35(14-3-1)36-25-28-40(29-26-36)53(41-17-12-18-42(34-41)54-49-23-10-7-20-44(49)45-21-8-11-24-50(45)54)48-22-9-6-19-43(48)39-27-30-51-46(32-39)47-31-37-15-4-5-16-38(37)33-52(47)55-51/h2,4-34H,1,3H2. The van der Waals surface area contributed by atoms with E-state index >= 15 is 0 Å². The highest BCUT2D eigenvalue weighted by atomic mass is 16.3. The summed E-state index contributed by atoms with van der Waals surface area (Å²) >= 11 is 0. The Morgan fingerprint density at radius 2 is 1.16 bits per heavy atom.